The molecule has 2 fully saturated rings. The lowest BCUT2D eigenvalue weighted by molar-refractivity contribution is -0.168. The lowest BCUT2D eigenvalue weighted by Crippen LogP contribution is -2.61. The van der Waals surface area contributed by atoms with E-state index < -0.39 is 36.6 Å². The Morgan fingerprint density at radius 2 is 2.00 bits per heavy atom. The second kappa shape index (κ2) is 7.39. The van der Waals surface area contributed by atoms with Crippen LogP contribution in [0.2, 0.25) is 0 Å². The number of ether oxygens (including phenoxy) is 1. The summed E-state index contributed by atoms with van der Waals surface area (Å²) >= 11 is 0. The lowest BCUT2D eigenvalue weighted by atomic mass is 9.98. The highest BCUT2D eigenvalue weighted by Crippen LogP contribution is 2.24. The minimum absolute atomic E-state index is 0.0376. The van der Waals surface area contributed by atoms with Gasteiger partial charge in [-0.15, -0.1) is 0 Å². The van der Waals surface area contributed by atoms with Gasteiger partial charge in [-0.2, -0.15) is 13.2 Å². The van der Waals surface area contributed by atoms with Crippen LogP contribution in [0.15, 0.2) is 0 Å². The van der Waals surface area contributed by atoms with Crippen molar-refractivity contribution in [1.29, 1.82) is 0 Å². The third-order valence-corrected chi connectivity index (χ3v) is 4.08. The van der Waals surface area contributed by atoms with E-state index in [2.05, 4.69) is 10.6 Å². The van der Waals surface area contributed by atoms with Crippen LogP contribution in [0.5, 0.6) is 0 Å². The molecule has 0 saturated carbocycles. The maximum atomic E-state index is 12.5. The molecule has 130 valence electrons. The maximum absolute atomic E-state index is 12.5. The topological polar surface area (TPSA) is 97.2 Å². The fourth-order valence-corrected chi connectivity index (χ4v) is 2.62. The number of hydrogen-bond donors (Lipinski definition) is 5. The number of nitrogens with zero attached hydrogens (tertiary/aromatic N) is 1. The first kappa shape index (κ1) is 17.9. The first-order valence-electron chi connectivity index (χ1n) is 7.17. The summed E-state index contributed by atoms with van der Waals surface area (Å²) in [5, 5.41) is 34.0. The Balaban J connectivity index is 1.73. The predicted molar refractivity (Wildman–Crippen MR) is 69.8 cm³/mol. The SMILES string of the molecule is OC[C@H]1OC[C@@H](NCN2CCC(C(F)(F)F)NC2)[C@@H](O)[C@H]1O. The molecule has 7 nitrogen and oxygen atoms in total. The summed E-state index contributed by atoms with van der Waals surface area (Å²) in [5.74, 6) is 0. The number of halogens is 3. The average Bonchev–Trinajstić information content (AvgIpc) is 2.48. The lowest BCUT2D eigenvalue weighted by Gasteiger charge is -2.39. The number of hydrogen-bond acceptors (Lipinski definition) is 7. The Hall–Kier alpha value is -0.490. The monoisotopic (exact) mass is 329 g/mol. The van der Waals surface area contributed by atoms with Gasteiger partial charge in [0, 0.05) is 19.9 Å². The van der Waals surface area contributed by atoms with Crippen LogP contribution in [0, 0.1) is 0 Å². The van der Waals surface area contributed by atoms with E-state index in [0.717, 1.165) is 0 Å². The van der Waals surface area contributed by atoms with Crippen molar-refractivity contribution in [2.45, 2.75) is 43.0 Å². The Labute approximate surface area is 126 Å². The number of nitrogens with one attached hydrogen (secondary N) is 2. The summed E-state index contributed by atoms with van der Waals surface area (Å²) in [6.07, 6.45) is -7.41. The van der Waals surface area contributed by atoms with Crippen molar-refractivity contribution < 1.29 is 33.2 Å². The van der Waals surface area contributed by atoms with Crippen LogP contribution in [-0.2, 0) is 4.74 Å². The molecule has 2 aliphatic heterocycles. The van der Waals surface area contributed by atoms with E-state index in [1.165, 1.54) is 0 Å². The van der Waals surface area contributed by atoms with Crippen LogP contribution in [0.4, 0.5) is 13.2 Å². The molecule has 2 heterocycles. The van der Waals surface area contributed by atoms with Crippen LogP contribution in [-0.4, -0.2) is 89.9 Å². The number of rotatable bonds is 4. The molecule has 2 saturated heterocycles. The average molecular weight is 329 g/mol. The molecule has 0 aromatic rings. The molecule has 2 rings (SSSR count). The first-order valence-corrected chi connectivity index (χ1v) is 7.17. The van der Waals surface area contributed by atoms with E-state index in [9.17, 15) is 23.4 Å². The molecule has 0 aromatic carbocycles. The van der Waals surface area contributed by atoms with Gasteiger partial charge < -0.3 is 20.1 Å². The van der Waals surface area contributed by atoms with Gasteiger partial charge in [0.25, 0.3) is 0 Å². The van der Waals surface area contributed by atoms with Crippen molar-refractivity contribution in [2.75, 3.05) is 33.1 Å². The molecule has 2 aliphatic rings. The van der Waals surface area contributed by atoms with Crippen molar-refractivity contribution in [2.24, 2.45) is 0 Å². The van der Waals surface area contributed by atoms with Crippen LogP contribution in [0.25, 0.3) is 0 Å². The summed E-state index contributed by atoms with van der Waals surface area (Å²) in [4.78, 5) is 1.74. The molecule has 0 radical (unpaired) electrons. The molecule has 10 heteroatoms. The van der Waals surface area contributed by atoms with Crippen molar-refractivity contribution in [3.05, 3.63) is 0 Å². The normalized spacial score (nSPS) is 38.2. The van der Waals surface area contributed by atoms with Gasteiger partial charge in [0.1, 0.15) is 24.4 Å². The van der Waals surface area contributed by atoms with Gasteiger partial charge >= 0.3 is 6.18 Å². The van der Waals surface area contributed by atoms with Crippen molar-refractivity contribution in [3.63, 3.8) is 0 Å². The Kier molecular flexibility index (Phi) is 6.00. The second-order valence-corrected chi connectivity index (χ2v) is 5.64. The molecule has 1 unspecified atom stereocenters. The van der Waals surface area contributed by atoms with E-state index >= 15 is 0 Å². The third-order valence-electron chi connectivity index (χ3n) is 4.08. The maximum Gasteiger partial charge on any atom is 0.403 e. The van der Waals surface area contributed by atoms with Crippen molar-refractivity contribution in [3.8, 4) is 0 Å². The van der Waals surface area contributed by atoms with E-state index in [4.69, 9.17) is 9.84 Å². The van der Waals surface area contributed by atoms with E-state index in [0.29, 0.717) is 0 Å². The zero-order chi connectivity index (χ0) is 16.3. The number of aliphatic hydroxyl groups is 3. The molecule has 0 spiro atoms. The Bertz CT molecular complexity index is 353. The van der Waals surface area contributed by atoms with E-state index in [1.807, 2.05) is 0 Å². The van der Waals surface area contributed by atoms with Gasteiger partial charge in [-0.3, -0.25) is 15.5 Å². The van der Waals surface area contributed by atoms with Crippen molar-refractivity contribution in [1.82, 2.24) is 15.5 Å². The fourth-order valence-electron chi connectivity index (χ4n) is 2.62. The number of alkyl halides is 3. The van der Waals surface area contributed by atoms with Gasteiger partial charge in [0.15, 0.2) is 0 Å². The Morgan fingerprint density at radius 3 is 2.55 bits per heavy atom. The first-order chi connectivity index (χ1) is 10.3. The molecule has 0 aromatic heterocycles. The largest absolute Gasteiger partial charge is 0.403 e. The van der Waals surface area contributed by atoms with Crippen LogP contribution in [0.3, 0.4) is 0 Å². The molecule has 0 bridgehead atoms. The summed E-state index contributed by atoms with van der Waals surface area (Å²) < 4.78 is 42.8. The summed E-state index contributed by atoms with van der Waals surface area (Å²) in [5.41, 5.74) is 0. The second-order valence-electron chi connectivity index (χ2n) is 5.64. The van der Waals surface area contributed by atoms with Crippen molar-refractivity contribution >= 4 is 0 Å². The van der Waals surface area contributed by atoms with Gasteiger partial charge in [0.2, 0.25) is 0 Å². The van der Waals surface area contributed by atoms with E-state index in [-0.39, 0.29) is 39.5 Å². The fraction of sp³-hybridized carbons (Fsp3) is 1.00. The van der Waals surface area contributed by atoms with Gasteiger partial charge in [-0.1, -0.05) is 0 Å². The van der Waals surface area contributed by atoms with Gasteiger partial charge in [0.05, 0.1) is 19.3 Å². The molecule has 5 N–H and O–H groups in total. The molecule has 0 amide bonds. The van der Waals surface area contributed by atoms with Crippen LogP contribution >= 0.6 is 0 Å². The minimum Gasteiger partial charge on any atom is -0.394 e. The highest BCUT2D eigenvalue weighted by molar-refractivity contribution is 4.90. The summed E-state index contributed by atoms with van der Waals surface area (Å²) in [6, 6.07) is -2.03. The van der Waals surface area contributed by atoms with Gasteiger partial charge in [-0.25, -0.2) is 0 Å². The molecule has 5 atom stereocenters. The van der Waals surface area contributed by atoms with Crippen LogP contribution in [0.1, 0.15) is 6.42 Å². The molecular weight excluding hydrogens is 307 g/mol. The number of aliphatic hydroxyl groups excluding tert-OH is 3. The molecule has 22 heavy (non-hydrogen) atoms. The van der Waals surface area contributed by atoms with E-state index in [1.54, 1.807) is 4.90 Å². The summed E-state index contributed by atoms with van der Waals surface area (Å²) in [6.45, 7) is 0.341. The standard InChI is InChI=1S/C12H22F3N3O4/c13-12(14,15)9-1-2-18(6-17-9)5-16-7-4-22-8(3-19)11(21)10(7)20/h7-11,16-17,19-21H,1-6H2/t7-,8-,9?,10-,11+/m1/s1. The Morgan fingerprint density at radius 1 is 1.27 bits per heavy atom. The highest BCUT2D eigenvalue weighted by atomic mass is 19.4. The highest BCUT2D eigenvalue weighted by Gasteiger charge is 2.41. The zero-order valence-electron chi connectivity index (χ0n) is 12.0. The van der Waals surface area contributed by atoms with Gasteiger partial charge in [-0.05, 0) is 6.42 Å². The third kappa shape index (κ3) is 4.28. The zero-order valence-corrected chi connectivity index (χ0v) is 12.0. The quantitative estimate of drug-likeness (QED) is 0.415. The minimum atomic E-state index is -4.24. The predicted octanol–water partition coefficient (Wildman–Crippen LogP) is -1.80. The smallest absolute Gasteiger partial charge is 0.394 e. The molecule has 0 aliphatic carbocycles. The molecular formula is C12H22F3N3O4. The summed E-state index contributed by atoms with van der Waals surface area (Å²) in [7, 11) is 0. The van der Waals surface area contributed by atoms with Crippen LogP contribution < -0.4 is 10.6 Å².